The Bertz CT molecular complexity index is 1310. The molecule has 0 spiro atoms. The van der Waals surface area contributed by atoms with Crippen molar-refractivity contribution in [1.82, 2.24) is 9.78 Å². The first-order chi connectivity index (χ1) is 15.5. The third-order valence-electron chi connectivity index (χ3n) is 5.19. The van der Waals surface area contributed by atoms with Crippen LogP contribution in [0.4, 0.5) is 5.69 Å². The number of rotatable bonds is 7. The zero-order valence-corrected chi connectivity index (χ0v) is 18.4. The maximum absolute atomic E-state index is 13.0. The van der Waals surface area contributed by atoms with E-state index >= 15 is 0 Å². The van der Waals surface area contributed by atoms with E-state index in [2.05, 4.69) is 10.4 Å². The molecule has 0 unspecified atom stereocenters. The summed E-state index contributed by atoms with van der Waals surface area (Å²) in [5.41, 5.74) is 3.94. The Morgan fingerprint density at radius 1 is 0.938 bits per heavy atom. The molecule has 4 aromatic rings. The van der Waals surface area contributed by atoms with Crippen LogP contribution in [0.25, 0.3) is 11.1 Å². The van der Waals surface area contributed by atoms with Crippen molar-refractivity contribution < 1.29 is 13.2 Å². The number of nitrogens with one attached hydrogen (secondary N) is 1. The summed E-state index contributed by atoms with van der Waals surface area (Å²) in [6.45, 7) is 2.28. The smallest absolute Gasteiger partial charge is 0.256 e. The van der Waals surface area contributed by atoms with Crippen LogP contribution in [0.2, 0.25) is 0 Å². The lowest BCUT2D eigenvalue weighted by Crippen LogP contribution is -2.13. The molecule has 1 aromatic heterocycles. The van der Waals surface area contributed by atoms with Crippen LogP contribution in [-0.4, -0.2) is 29.9 Å². The van der Waals surface area contributed by atoms with Gasteiger partial charge >= 0.3 is 0 Å². The third-order valence-corrected chi connectivity index (χ3v) is 6.94. The highest BCUT2D eigenvalue weighted by Crippen LogP contribution is 2.25. The minimum Gasteiger partial charge on any atom is -0.322 e. The summed E-state index contributed by atoms with van der Waals surface area (Å²) < 4.78 is 25.8. The van der Waals surface area contributed by atoms with E-state index in [-0.39, 0.29) is 16.6 Å². The molecule has 0 atom stereocenters. The molecule has 0 bridgehead atoms. The molecule has 1 amide bonds. The molecule has 0 aliphatic rings. The number of carbonyl (C=O) groups is 1. The molecule has 0 fully saturated rings. The predicted octanol–water partition coefficient (Wildman–Crippen LogP) is 4.64. The van der Waals surface area contributed by atoms with Gasteiger partial charge in [-0.2, -0.15) is 5.10 Å². The lowest BCUT2D eigenvalue weighted by atomic mass is 9.98. The lowest BCUT2D eigenvalue weighted by molar-refractivity contribution is 0.102. The number of aromatic nitrogens is 2. The summed E-state index contributed by atoms with van der Waals surface area (Å²) in [5, 5.41) is 7.08. The summed E-state index contributed by atoms with van der Waals surface area (Å²) in [6, 6.07) is 23.6. The van der Waals surface area contributed by atoms with Crippen molar-refractivity contribution in [2.75, 3.05) is 11.1 Å². The number of hydrogen-bond acceptors (Lipinski definition) is 4. The zero-order chi connectivity index (χ0) is 22.6. The Morgan fingerprint density at radius 3 is 2.31 bits per heavy atom. The van der Waals surface area contributed by atoms with Crippen LogP contribution < -0.4 is 5.32 Å². The van der Waals surface area contributed by atoms with Crippen LogP contribution in [0.3, 0.4) is 0 Å². The van der Waals surface area contributed by atoms with Crippen LogP contribution >= 0.6 is 0 Å². The number of anilines is 1. The SMILES string of the molecule is CCS(=O)(=O)c1ccc(NC(=O)c2ccccc2-c2ccc(Cn3cccn3)cc2)cc1. The third kappa shape index (κ3) is 4.78. The molecular weight excluding hydrogens is 422 g/mol. The first kappa shape index (κ1) is 21.5. The van der Waals surface area contributed by atoms with Gasteiger partial charge in [0.1, 0.15) is 0 Å². The quantitative estimate of drug-likeness (QED) is 0.449. The fraction of sp³-hybridized carbons (Fsp3) is 0.120. The van der Waals surface area contributed by atoms with E-state index in [9.17, 15) is 13.2 Å². The van der Waals surface area contributed by atoms with Crippen molar-refractivity contribution >= 4 is 21.4 Å². The second-order valence-corrected chi connectivity index (χ2v) is 9.61. The van der Waals surface area contributed by atoms with E-state index in [1.807, 2.05) is 59.4 Å². The van der Waals surface area contributed by atoms with Crippen molar-refractivity contribution in [3.05, 3.63) is 102 Å². The Labute approximate surface area is 187 Å². The lowest BCUT2D eigenvalue weighted by Gasteiger charge is -2.12. The minimum absolute atomic E-state index is 0.0345. The van der Waals surface area contributed by atoms with E-state index in [0.717, 1.165) is 16.7 Å². The van der Waals surface area contributed by atoms with E-state index in [4.69, 9.17) is 0 Å². The average Bonchev–Trinajstić information content (AvgIpc) is 3.33. The van der Waals surface area contributed by atoms with Crippen LogP contribution in [0, 0.1) is 0 Å². The van der Waals surface area contributed by atoms with Gasteiger partial charge in [-0.3, -0.25) is 9.48 Å². The topological polar surface area (TPSA) is 81.1 Å². The molecule has 0 saturated heterocycles. The van der Waals surface area contributed by atoms with Crippen LogP contribution in [0.1, 0.15) is 22.8 Å². The maximum atomic E-state index is 13.0. The molecule has 7 heteroatoms. The molecule has 0 aliphatic heterocycles. The van der Waals surface area contributed by atoms with Gasteiger partial charge < -0.3 is 5.32 Å². The van der Waals surface area contributed by atoms with Crippen molar-refractivity contribution in [1.29, 1.82) is 0 Å². The molecule has 1 N–H and O–H groups in total. The van der Waals surface area contributed by atoms with E-state index in [0.29, 0.717) is 17.8 Å². The number of hydrogen-bond donors (Lipinski definition) is 1. The van der Waals surface area contributed by atoms with E-state index in [1.54, 1.807) is 31.3 Å². The molecule has 0 aliphatic carbocycles. The molecular formula is C25H23N3O3S. The van der Waals surface area contributed by atoms with Gasteiger partial charge in [-0.25, -0.2) is 8.42 Å². The first-order valence-electron chi connectivity index (χ1n) is 10.3. The van der Waals surface area contributed by atoms with Gasteiger partial charge in [-0.05, 0) is 53.1 Å². The standard InChI is InChI=1S/C25H23N3O3S/c1-2-32(30,31)22-14-12-21(13-15-22)27-25(29)24-7-4-3-6-23(24)20-10-8-19(9-11-20)18-28-17-5-16-26-28/h3-17H,2,18H2,1H3,(H,27,29). The molecule has 0 saturated carbocycles. The second kappa shape index (κ2) is 9.20. The Kier molecular flexibility index (Phi) is 6.18. The summed E-state index contributed by atoms with van der Waals surface area (Å²) in [4.78, 5) is 13.2. The summed E-state index contributed by atoms with van der Waals surface area (Å²) in [7, 11) is -3.28. The van der Waals surface area contributed by atoms with Crippen molar-refractivity contribution in [3.63, 3.8) is 0 Å². The molecule has 1 heterocycles. The van der Waals surface area contributed by atoms with Crippen LogP contribution in [0.15, 0.2) is 96.2 Å². The van der Waals surface area contributed by atoms with Crippen LogP contribution in [0.5, 0.6) is 0 Å². The van der Waals surface area contributed by atoms with Crippen molar-refractivity contribution in [3.8, 4) is 11.1 Å². The van der Waals surface area contributed by atoms with Gasteiger partial charge in [-0.1, -0.05) is 49.4 Å². The second-order valence-electron chi connectivity index (χ2n) is 7.33. The van der Waals surface area contributed by atoms with E-state index < -0.39 is 9.84 Å². The Morgan fingerprint density at radius 2 is 1.66 bits per heavy atom. The normalized spacial score (nSPS) is 11.3. The largest absolute Gasteiger partial charge is 0.322 e. The van der Waals surface area contributed by atoms with Crippen molar-refractivity contribution in [2.24, 2.45) is 0 Å². The monoisotopic (exact) mass is 445 g/mol. The predicted molar refractivity (Wildman–Crippen MR) is 125 cm³/mol. The fourth-order valence-corrected chi connectivity index (χ4v) is 4.30. The molecule has 4 rings (SSSR count). The molecule has 162 valence electrons. The highest BCUT2D eigenvalue weighted by Gasteiger charge is 2.14. The molecule has 32 heavy (non-hydrogen) atoms. The highest BCUT2D eigenvalue weighted by atomic mass is 32.2. The number of amides is 1. The zero-order valence-electron chi connectivity index (χ0n) is 17.6. The van der Waals surface area contributed by atoms with Gasteiger partial charge in [-0.15, -0.1) is 0 Å². The summed E-state index contributed by atoms with van der Waals surface area (Å²) in [6.07, 6.45) is 3.66. The van der Waals surface area contributed by atoms with Gasteiger partial charge in [0.05, 0.1) is 17.2 Å². The molecule has 6 nitrogen and oxygen atoms in total. The summed E-state index contributed by atoms with van der Waals surface area (Å²) >= 11 is 0. The number of carbonyl (C=O) groups excluding carboxylic acids is 1. The fourth-order valence-electron chi connectivity index (χ4n) is 3.41. The van der Waals surface area contributed by atoms with Gasteiger partial charge in [0.2, 0.25) is 0 Å². The van der Waals surface area contributed by atoms with E-state index in [1.165, 1.54) is 12.1 Å². The minimum atomic E-state index is -3.28. The highest BCUT2D eigenvalue weighted by molar-refractivity contribution is 7.91. The maximum Gasteiger partial charge on any atom is 0.256 e. The van der Waals surface area contributed by atoms with Gasteiger partial charge in [0.25, 0.3) is 5.91 Å². The molecule has 0 radical (unpaired) electrons. The number of nitrogens with zero attached hydrogens (tertiary/aromatic N) is 2. The average molecular weight is 446 g/mol. The molecule has 3 aromatic carbocycles. The van der Waals surface area contributed by atoms with Crippen LogP contribution in [-0.2, 0) is 16.4 Å². The number of sulfone groups is 1. The van der Waals surface area contributed by atoms with Crippen molar-refractivity contribution in [2.45, 2.75) is 18.4 Å². The summed E-state index contributed by atoms with van der Waals surface area (Å²) in [5.74, 6) is -0.223. The van der Waals surface area contributed by atoms with Gasteiger partial charge in [0.15, 0.2) is 9.84 Å². The Hall–Kier alpha value is -3.71. The first-order valence-corrected chi connectivity index (χ1v) is 11.9. The number of benzene rings is 3. The Balaban J connectivity index is 1.53. The van der Waals surface area contributed by atoms with Gasteiger partial charge in [0, 0.05) is 23.6 Å².